The molecular weight excluding hydrogens is 226 g/mol. The van der Waals surface area contributed by atoms with E-state index in [4.69, 9.17) is 10.5 Å². The number of nitrogens with two attached hydrogens (primary N) is 1. The molecule has 3 nitrogen and oxygen atoms in total. The van der Waals surface area contributed by atoms with E-state index in [0.717, 1.165) is 18.6 Å². The monoisotopic (exact) mass is 253 g/mol. The van der Waals surface area contributed by atoms with Gasteiger partial charge in [-0.3, -0.25) is 4.79 Å². The molecule has 0 heterocycles. The summed E-state index contributed by atoms with van der Waals surface area (Å²) in [5, 5.41) is 0. The van der Waals surface area contributed by atoms with Gasteiger partial charge in [0.1, 0.15) is 5.75 Å². The number of benzene rings is 1. The van der Waals surface area contributed by atoms with Crippen LogP contribution < -0.4 is 10.5 Å². The molecule has 1 aromatic carbocycles. The Bertz CT molecular complexity index is 273. The van der Waals surface area contributed by atoms with E-state index in [9.17, 15) is 4.79 Å². The number of amides is 1. The zero-order valence-corrected chi connectivity index (χ0v) is 12.1. The van der Waals surface area contributed by atoms with Crippen molar-refractivity contribution in [3.63, 3.8) is 0 Å². The average Bonchev–Trinajstić information content (AvgIpc) is 2.44. The number of rotatable bonds is 6. The molecule has 1 rings (SSSR count). The van der Waals surface area contributed by atoms with Crippen molar-refractivity contribution in [3.8, 4) is 5.75 Å². The molecule has 0 aliphatic heterocycles. The van der Waals surface area contributed by atoms with Crippen molar-refractivity contribution >= 4 is 5.91 Å². The first kappa shape index (κ1) is 18.8. The molecule has 0 aliphatic carbocycles. The summed E-state index contributed by atoms with van der Waals surface area (Å²) < 4.78 is 5.44. The van der Waals surface area contributed by atoms with Crippen LogP contribution in [-0.4, -0.2) is 12.5 Å². The third-order valence-electron chi connectivity index (χ3n) is 1.83. The van der Waals surface area contributed by atoms with Gasteiger partial charge < -0.3 is 10.5 Å². The van der Waals surface area contributed by atoms with Gasteiger partial charge in [-0.2, -0.15) is 0 Å². The number of para-hydroxylation sites is 1. The van der Waals surface area contributed by atoms with E-state index >= 15 is 0 Å². The molecule has 0 atom stereocenters. The molecule has 104 valence electrons. The van der Waals surface area contributed by atoms with Gasteiger partial charge in [-0.05, 0) is 25.0 Å². The van der Waals surface area contributed by atoms with Gasteiger partial charge in [0.15, 0.2) is 0 Å². The van der Waals surface area contributed by atoms with Gasteiger partial charge in [-0.15, -0.1) is 0 Å². The third kappa shape index (κ3) is 12.6. The van der Waals surface area contributed by atoms with Gasteiger partial charge in [0.05, 0.1) is 6.61 Å². The lowest BCUT2D eigenvalue weighted by Gasteiger charge is -2.04. The first-order valence-corrected chi connectivity index (χ1v) is 6.75. The maximum absolute atomic E-state index is 10.4. The van der Waals surface area contributed by atoms with Gasteiger partial charge in [0, 0.05) is 6.42 Å². The summed E-state index contributed by atoms with van der Waals surface area (Å²) in [4.78, 5) is 10.4. The van der Waals surface area contributed by atoms with E-state index < -0.39 is 0 Å². The number of primary amides is 1. The Balaban J connectivity index is 0. The number of unbranched alkanes of at least 4 members (excludes halogenated alkanes) is 1. The molecule has 0 fully saturated rings. The predicted molar refractivity (Wildman–Crippen MR) is 77.7 cm³/mol. The minimum Gasteiger partial charge on any atom is -0.494 e. The molecule has 1 amide bonds. The Morgan fingerprint density at radius 2 is 1.61 bits per heavy atom. The fraction of sp³-hybridized carbons (Fsp3) is 0.533. The van der Waals surface area contributed by atoms with Gasteiger partial charge in [0.25, 0.3) is 0 Å². The summed E-state index contributed by atoms with van der Waals surface area (Å²) in [5.74, 6) is 0.622. The van der Waals surface area contributed by atoms with E-state index in [-0.39, 0.29) is 5.91 Å². The molecule has 3 heteroatoms. The summed E-state index contributed by atoms with van der Waals surface area (Å²) in [6.07, 6.45) is 2.10. The number of hydrogen-bond donors (Lipinski definition) is 1. The van der Waals surface area contributed by atoms with Crippen LogP contribution in [0, 0.1) is 0 Å². The topological polar surface area (TPSA) is 52.3 Å². The predicted octanol–water partition coefficient (Wildman–Crippen LogP) is 3.77. The second-order valence-corrected chi connectivity index (χ2v) is 3.08. The lowest BCUT2D eigenvalue weighted by atomic mass is 10.2. The van der Waals surface area contributed by atoms with E-state index in [2.05, 4.69) is 0 Å². The Kier molecular flexibility index (Phi) is 16.2. The normalized spacial score (nSPS) is 8.22. The van der Waals surface area contributed by atoms with Crippen LogP contribution in [0.15, 0.2) is 30.3 Å². The molecule has 0 bridgehead atoms. The molecule has 0 spiro atoms. The second kappa shape index (κ2) is 15.5. The highest BCUT2D eigenvalue weighted by Gasteiger charge is 1.95. The van der Waals surface area contributed by atoms with Crippen molar-refractivity contribution in [1.82, 2.24) is 0 Å². The molecule has 0 saturated heterocycles. The fourth-order valence-corrected chi connectivity index (χ4v) is 1.11. The SMILES string of the molecule is CC.CC.NC(=O)CCCCOc1ccccc1. The van der Waals surface area contributed by atoms with Crippen molar-refractivity contribution < 1.29 is 9.53 Å². The summed E-state index contributed by atoms with van der Waals surface area (Å²) in [6, 6.07) is 9.62. The van der Waals surface area contributed by atoms with E-state index in [1.807, 2.05) is 58.0 Å². The van der Waals surface area contributed by atoms with Gasteiger partial charge in [-0.1, -0.05) is 45.9 Å². The number of ether oxygens (including phenoxy) is 1. The van der Waals surface area contributed by atoms with Crippen LogP contribution in [0.2, 0.25) is 0 Å². The van der Waals surface area contributed by atoms with Crippen LogP contribution in [0.5, 0.6) is 5.75 Å². The minimum absolute atomic E-state index is 0.246. The average molecular weight is 253 g/mol. The van der Waals surface area contributed by atoms with Crippen LogP contribution in [0.3, 0.4) is 0 Å². The first-order chi connectivity index (χ1) is 8.79. The fourth-order valence-electron chi connectivity index (χ4n) is 1.11. The summed E-state index contributed by atoms with van der Waals surface area (Å²) >= 11 is 0. The molecule has 1 aromatic rings. The van der Waals surface area contributed by atoms with E-state index in [1.165, 1.54) is 0 Å². The zero-order valence-electron chi connectivity index (χ0n) is 12.1. The van der Waals surface area contributed by atoms with Crippen molar-refractivity contribution in [2.45, 2.75) is 47.0 Å². The largest absolute Gasteiger partial charge is 0.494 e. The van der Waals surface area contributed by atoms with E-state index in [1.54, 1.807) is 0 Å². The summed E-state index contributed by atoms with van der Waals surface area (Å²) in [5.41, 5.74) is 5.01. The molecule has 2 N–H and O–H groups in total. The summed E-state index contributed by atoms with van der Waals surface area (Å²) in [6.45, 7) is 8.64. The van der Waals surface area contributed by atoms with Crippen molar-refractivity contribution in [3.05, 3.63) is 30.3 Å². The highest BCUT2D eigenvalue weighted by Crippen LogP contribution is 2.08. The molecule has 0 saturated carbocycles. The molecular formula is C15H27NO2. The Morgan fingerprint density at radius 1 is 1.06 bits per heavy atom. The number of carbonyl (C=O) groups excluding carboxylic acids is 1. The standard InChI is InChI=1S/C11H15NO2.2C2H6/c12-11(13)8-4-5-9-14-10-6-2-1-3-7-10;2*1-2/h1-3,6-7H,4-5,8-9H2,(H2,12,13);2*1-2H3. The zero-order chi connectivity index (χ0) is 14.2. The molecule has 0 unspecified atom stereocenters. The lowest BCUT2D eigenvalue weighted by Crippen LogP contribution is -2.10. The lowest BCUT2D eigenvalue weighted by molar-refractivity contribution is -0.118. The Morgan fingerprint density at radius 3 is 2.11 bits per heavy atom. The quantitative estimate of drug-likeness (QED) is 0.784. The number of carbonyl (C=O) groups is 1. The second-order valence-electron chi connectivity index (χ2n) is 3.08. The van der Waals surface area contributed by atoms with Crippen LogP contribution >= 0.6 is 0 Å². The van der Waals surface area contributed by atoms with Crippen molar-refractivity contribution in [2.24, 2.45) is 5.73 Å². The third-order valence-corrected chi connectivity index (χ3v) is 1.83. The van der Waals surface area contributed by atoms with Crippen LogP contribution in [0.1, 0.15) is 47.0 Å². The van der Waals surface area contributed by atoms with Crippen molar-refractivity contribution in [2.75, 3.05) is 6.61 Å². The highest BCUT2D eigenvalue weighted by molar-refractivity contribution is 5.73. The maximum atomic E-state index is 10.4. The highest BCUT2D eigenvalue weighted by atomic mass is 16.5. The van der Waals surface area contributed by atoms with Crippen molar-refractivity contribution in [1.29, 1.82) is 0 Å². The molecule has 0 aliphatic rings. The van der Waals surface area contributed by atoms with Crippen LogP contribution in [0.25, 0.3) is 0 Å². The Labute approximate surface area is 111 Å². The van der Waals surface area contributed by atoms with E-state index in [0.29, 0.717) is 13.0 Å². The number of hydrogen-bond acceptors (Lipinski definition) is 2. The van der Waals surface area contributed by atoms with Crippen LogP contribution in [-0.2, 0) is 4.79 Å². The minimum atomic E-state index is -0.246. The van der Waals surface area contributed by atoms with Gasteiger partial charge >= 0.3 is 0 Å². The molecule has 0 aromatic heterocycles. The van der Waals surface area contributed by atoms with Gasteiger partial charge in [-0.25, -0.2) is 0 Å². The first-order valence-electron chi connectivity index (χ1n) is 6.75. The van der Waals surface area contributed by atoms with Crippen LogP contribution in [0.4, 0.5) is 0 Å². The molecule has 0 radical (unpaired) electrons. The smallest absolute Gasteiger partial charge is 0.217 e. The molecule has 18 heavy (non-hydrogen) atoms. The Hall–Kier alpha value is -1.51. The summed E-state index contributed by atoms with van der Waals surface area (Å²) in [7, 11) is 0. The van der Waals surface area contributed by atoms with Gasteiger partial charge in [0.2, 0.25) is 5.91 Å². The maximum Gasteiger partial charge on any atom is 0.217 e.